The first-order valence-electron chi connectivity index (χ1n) is 8.95. The van der Waals surface area contributed by atoms with Gasteiger partial charge in [-0.3, -0.25) is 9.69 Å². The normalized spacial score (nSPS) is 15.4. The van der Waals surface area contributed by atoms with Gasteiger partial charge >= 0.3 is 0 Å². The lowest BCUT2D eigenvalue weighted by molar-refractivity contribution is -0.0150. The summed E-state index contributed by atoms with van der Waals surface area (Å²) in [5, 5.41) is 22.7. The Morgan fingerprint density at radius 3 is 2.50 bits per heavy atom. The van der Waals surface area contributed by atoms with Crippen LogP contribution in [0.5, 0.6) is 11.6 Å². The fraction of sp³-hybridized carbons (Fsp3) is 0.421. The van der Waals surface area contributed by atoms with Gasteiger partial charge in [-0.05, 0) is 31.5 Å². The maximum absolute atomic E-state index is 13.0. The summed E-state index contributed by atoms with van der Waals surface area (Å²) in [6, 6.07) is 5.66. The van der Waals surface area contributed by atoms with Crippen molar-refractivity contribution in [3.05, 3.63) is 47.2 Å². The van der Waals surface area contributed by atoms with Crippen molar-refractivity contribution in [2.45, 2.75) is 25.9 Å². The summed E-state index contributed by atoms with van der Waals surface area (Å²) in [6.07, 6.45) is 0. The van der Waals surface area contributed by atoms with E-state index in [4.69, 9.17) is 4.74 Å². The molecule has 1 fully saturated rings. The highest BCUT2D eigenvalue weighted by molar-refractivity contribution is 5.95. The van der Waals surface area contributed by atoms with E-state index in [0.29, 0.717) is 31.9 Å². The molecule has 0 saturated carbocycles. The molecule has 3 rings (SSSR count). The van der Waals surface area contributed by atoms with Crippen LogP contribution in [0.3, 0.4) is 0 Å². The van der Waals surface area contributed by atoms with Crippen LogP contribution in [0.4, 0.5) is 4.39 Å². The SMILES string of the molecule is CC(C)(c1nc(O)c(O)c(C(=O)NCc2ccc(F)cc2)n1)N1CCOCC1. The Bertz CT molecular complexity index is 852. The standard InChI is InChI=1S/C19H23FN4O4/c1-19(2,24-7-9-28-10-8-24)18-22-14(15(25)17(27)23-18)16(26)21-11-12-3-5-13(20)6-4-12/h3-6,25H,7-11H2,1-2H3,(H,21,26)(H,22,23,27). The van der Waals surface area contributed by atoms with Gasteiger partial charge in [-0.1, -0.05) is 12.1 Å². The largest absolute Gasteiger partial charge is 0.501 e. The molecule has 0 unspecified atom stereocenters. The minimum Gasteiger partial charge on any atom is -0.501 e. The molecule has 8 nitrogen and oxygen atoms in total. The van der Waals surface area contributed by atoms with Crippen molar-refractivity contribution < 1.29 is 24.1 Å². The Morgan fingerprint density at radius 1 is 1.21 bits per heavy atom. The van der Waals surface area contributed by atoms with Crippen LogP contribution < -0.4 is 5.32 Å². The zero-order valence-electron chi connectivity index (χ0n) is 15.8. The van der Waals surface area contributed by atoms with Crippen LogP contribution in [0.1, 0.15) is 35.7 Å². The predicted octanol–water partition coefficient (Wildman–Crippen LogP) is 1.52. The summed E-state index contributed by atoms with van der Waals surface area (Å²) >= 11 is 0. The zero-order valence-corrected chi connectivity index (χ0v) is 15.8. The number of hydrogen-bond acceptors (Lipinski definition) is 7. The molecule has 0 bridgehead atoms. The van der Waals surface area contributed by atoms with Crippen molar-refractivity contribution in [2.75, 3.05) is 26.3 Å². The molecule has 2 aromatic rings. The molecule has 1 aliphatic rings. The summed E-state index contributed by atoms with van der Waals surface area (Å²) in [5.74, 6) is -2.16. The highest BCUT2D eigenvalue weighted by atomic mass is 19.1. The third-order valence-corrected chi connectivity index (χ3v) is 4.80. The summed E-state index contributed by atoms with van der Waals surface area (Å²) in [5.41, 5.74) is -0.312. The molecule has 1 aliphatic heterocycles. The van der Waals surface area contributed by atoms with Crippen LogP contribution in [0.15, 0.2) is 24.3 Å². The van der Waals surface area contributed by atoms with E-state index in [1.165, 1.54) is 12.1 Å². The number of nitrogens with one attached hydrogen (secondary N) is 1. The zero-order chi connectivity index (χ0) is 20.3. The number of amides is 1. The van der Waals surface area contributed by atoms with E-state index in [9.17, 15) is 19.4 Å². The lowest BCUT2D eigenvalue weighted by atomic mass is 10.0. The first-order chi connectivity index (χ1) is 13.3. The number of benzene rings is 1. The number of morpholine rings is 1. The first-order valence-corrected chi connectivity index (χ1v) is 8.95. The number of nitrogens with zero attached hydrogens (tertiary/aromatic N) is 3. The monoisotopic (exact) mass is 390 g/mol. The van der Waals surface area contributed by atoms with Crippen molar-refractivity contribution in [1.82, 2.24) is 20.2 Å². The molecule has 150 valence electrons. The number of hydrogen-bond donors (Lipinski definition) is 3. The fourth-order valence-corrected chi connectivity index (χ4v) is 3.01. The van der Waals surface area contributed by atoms with Crippen molar-refractivity contribution in [3.63, 3.8) is 0 Å². The molecule has 3 N–H and O–H groups in total. The number of rotatable bonds is 5. The summed E-state index contributed by atoms with van der Waals surface area (Å²) in [6.45, 7) is 6.32. The molecular formula is C19H23FN4O4. The van der Waals surface area contributed by atoms with Gasteiger partial charge < -0.3 is 20.3 Å². The topological polar surface area (TPSA) is 108 Å². The molecule has 1 aromatic carbocycles. The van der Waals surface area contributed by atoms with Gasteiger partial charge in [0.15, 0.2) is 11.5 Å². The van der Waals surface area contributed by atoms with Crippen molar-refractivity contribution in [1.29, 1.82) is 0 Å². The number of carbonyl (C=O) groups is 1. The number of halogens is 1. The van der Waals surface area contributed by atoms with E-state index in [-0.39, 0.29) is 23.9 Å². The molecule has 0 aliphatic carbocycles. The highest BCUT2D eigenvalue weighted by Gasteiger charge is 2.35. The number of aromatic hydroxyl groups is 2. The van der Waals surface area contributed by atoms with Crippen LogP contribution >= 0.6 is 0 Å². The molecule has 28 heavy (non-hydrogen) atoms. The second-order valence-corrected chi connectivity index (χ2v) is 7.04. The average molecular weight is 390 g/mol. The van der Waals surface area contributed by atoms with Gasteiger partial charge in [0.25, 0.3) is 11.8 Å². The molecule has 1 aromatic heterocycles. The van der Waals surface area contributed by atoms with Gasteiger partial charge in [-0.25, -0.2) is 9.37 Å². The number of aromatic nitrogens is 2. The van der Waals surface area contributed by atoms with Crippen LogP contribution in [-0.2, 0) is 16.8 Å². The van der Waals surface area contributed by atoms with E-state index in [2.05, 4.69) is 20.2 Å². The van der Waals surface area contributed by atoms with Crippen molar-refractivity contribution in [3.8, 4) is 11.6 Å². The molecule has 0 radical (unpaired) electrons. The van der Waals surface area contributed by atoms with Gasteiger partial charge in [0.2, 0.25) is 5.75 Å². The molecule has 1 amide bonds. The van der Waals surface area contributed by atoms with Gasteiger partial charge in [0, 0.05) is 19.6 Å². The predicted molar refractivity (Wildman–Crippen MR) is 98.3 cm³/mol. The van der Waals surface area contributed by atoms with Crippen LogP contribution in [0.2, 0.25) is 0 Å². The second-order valence-electron chi connectivity index (χ2n) is 7.04. The van der Waals surface area contributed by atoms with E-state index < -0.39 is 23.1 Å². The number of carbonyl (C=O) groups excluding carboxylic acids is 1. The molecule has 0 spiro atoms. The highest BCUT2D eigenvalue weighted by Crippen LogP contribution is 2.32. The van der Waals surface area contributed by atoms with Crippen molar-refractivity contribution in [2.24, 2.45) is 0 Å². The quantitative estimate of drug-likeness (QED) is 0.710. The molecule has 0 atom stereocenters. The van der Waals surface area contributed by atoms with E-state index in [1.807, 2.05) is 13.8 Å². The van der Waals surface area contributed by atoms with Crippen LogP contribution in [0.25, 0.3) is 0 Å². The van der Waals surface area contributed by atoms with Gasteiger partial charge in [0.05, 0.1) is 18.8 Å². The maximum atomic E-state index is 13.0. The van der Waals surface area contributed by atoms with Gasteiger partial charge in [0.1, 0.15) is 5.82 Å². The third kappa shape index (κ3) is 4.20. The van der Waals surface area contributed by atoms with Gasteiger partial charge in [-0.2, -0.15) is 4.98 Å². The van der Waals surface area contributed by atoms with Crippen LogP contribution in [0, 0.1) is 5.82 Å². The fourth-order valence-electron chi connectivity index (χ4n) is 3.01. The minimum absolute atomic E-state index is 0.117. The Labute approximate surface area is 162 Å². The van der Waals surface area contributed by atoms with Gasteiger partial charge in [-0.15, -0.1) is 0 Å². The Morgan fingerprint density at radius 2 is 1.86 bits per heavy atom. The minimum atomic E-state index is -0.682. The summed E-state index contributed by atoms with van der Waals surface area (Å²) in [4.78, 5) is 22.8. The van der Waals surface area contributed by atoms with Crippen LogP contribution in [-0.4, -0.2) is 57.3 Å². The smallest absolute Gasteiger partial charge is 0.274 e. The lowest BCUT2D eigenvalue weighted by Gasteiger charge is -2.39. The summed E-state index contributed by atoms with van der Waals surface area (Å²) in [7, 11) is 0. The average Bonchev–Trinajstić information content (AvgIpc) is 2.69. The maximum Gasteiger partial charge on any atom is 0.274 e. The summed E-state index contributed by atoms with van der Waals surface area (Å²) < 4.78 is 18.3. The Kier molecular flexibility index (Phi) is 5.76. The van der Waals surface area contributed by atoms with E-state index >= 15 is 0 Å². The molecular weight excluding hydrogens is 367 g/mol. The third-order valence-electron chi connectivity index (χ3n) is 4.80. The Hall–Kier alpha value is -2.78. The second kappa shape index (κ2) is 8.07. The lowest BCUT2D eigenvalue weighted by Crippen LogP contribution is -2.49. The molecule has 2 heterocycles. The van der Waals surface area contributed by atoms with E-state index in [1.54, 1.807) is 12.1 Å². The number of ether oxygens (including phenoxy) is 1. The molecule has 9 heteroatoms. The van der Waals surface area contributed by atoms with Crippen molar-refractivity contribution >= 4 is 5.91 Å². The Balaban J connectivity index is 1.82. The first kappa shape index (κ1) is 20.0. The van der Waals surface area contributed by atoms with E-state index in [0.717, 1.165) is 0 Å². The molecule has 1 saturated heterocycles.